The molecular formula is C10H13ClN2O2S. The molecule has 1 heterocycles. The van der Waals surface area contributed by atoms with E-state index in [1.165, 1.54) is 11.8 Å². The number of rotatable bonds is 4. The van der Waals surface area contributed by atoms with E-state index < -0.39 is 0 Å². The van der Waals surface area contributed by atoms with Gasteiger partial charge < -0.3 is 4.74 Å². The molecule has 1 aromatic heterocycles. The zero-order valence-corrected chi connectivity index (χ0v) is 11.0. The van der Waals surface area contributed by atoms with E-state index in [9.17, 15) is 4.79 Å². The van der Waals surface area contributed by atoms with Crippen molar-refractivity contribution in [2.75, 3.05) is 12.4 Å². The third kappa shape index (κ3) is 3.64. The summed E-state index contributed by atoms with van der Waals surface area (Å²) in [6, 6.07) is 0. The number of halogens is 1. The Morgan fingerprint density at radius 2 is 2.00 bits per heavy atom. The van der Waals surface area contributed by atoms with Gasteiger partial charge in [0.05, 0.1) is 23.7 Å². The Morgan fingerprint density at radius 3 is 2.62 bits per heavy atom. The highest BCUT2D eigenvalue weighted by atomic mass is 35.5. The molecule has 88 valence electrons. The molecule has 1 aromatic rings. The van der Waals surface area contributed by atoms with E-state index in [-0.39, 0.29) is 11.7 Å². The van der Waals surface area contributed by atoms with Crippen molar-refractivity contribution in [2.24, 2.45) is 0 Å². The number of thioether (sulfide) groups is 1. The maximum Gasteiger partial charge on any atom is 0.316 e. The molecule has 0 saturated carbocycles. The number of nitrogens with zero attached hydrogens (tertiary/aromatic N) is 2. The normalized spacial score (nSPS) is 10.2. The van der Waals surface area contributed by atoms with Gasteiger partial charge in [0, 0.05) is 0 Å². The topological polar surface area (TPSA) is 52.1 Å². The monoisotopic (exact) mass is 260 g/mol. The van der Waals surface area contributed by atoms with Crippen LogP contribution in [0.25, 0.3) is 0 Å². The van der Waals surface area contributed by atoms with Crippen LogP contribution < -0.4 is 0 Å². The minimum Gasteiger partial charge on any atom is -0.465 e. The number of hydrogen-bond acceptors (Lipinski definition) is 5. The number of ether oxygens (including phenoxy) is 1. The predicted octanol–water partition coefficient (Wildman–Crippen LogP) is 2.40. The van der Waals surface area contributed by atoms with E-state index in [1.807, 2.05) is 13.8 Å². The lowest BCUT2D eigenvalue weighted by molar-refractivity contribution is -0.139. The van der Waals surface area contributed by atoms with E-state index in [2.05, 4.69) is 9.97 Å². The molecule has 0 aromatic carbocycles. The summed E-state index contributed by atoms with van der Waals surface area (Å²) >= 11 is 7.15. The van der Waals surface area contributed by atoms with Crippen molar-refractivity contribution < 1.29 is 9.53 Å². The van der Waals surface area contributed by atoms with Crippen LogP contribution in [0, 0.1) is 13.8 Å². The molecule has 0 aliphatic rings. The summed E-state index contributed by atoms with van der Waals surface area (Å²) in [4.78, 5) is 19.5. The molecule has 0 atom stereocenters. The van der Waals surface area contributed by atoms with Crippen LogP contribution in [-0.4, -0.2) is 28.3 Å². The van der Waals surface area contributed by atoms with Crippen LogP contribution in [-0.2, 0) is 9.53 Å². The Labute approximate surface area is 104 Å². The molecule has 16 heavy (non-hydrogen) atoms. The number of aromatic nitrogens is 2. The van der Waals surface area contributed by atoms with Crippen LogP contribution in [0.15, 0.2) is 5.03 Å². The van der Waals surface area contributed by atoms with Gasteiger partial charge in [0.1, 0.15) is 5.03 Å². The molecular weight excluding hydrogens is 248 g/mol. The van der Waals surface area contributed by atoms with Gasteiger partial charge in [-0.2, -0.15) is 0 Å². The van der Waals surface area contributed by atoms with Gasteiger partial charge in [0.2, 0.25) is 0 Å². The smallest absolute Gasteiger partial charge is 0.316 e. The van der Waals surface area contributed by atoms with Crippen molar-refractivity contribution in [1.29, 1.82) is 0 Å². The minimum atomic E-state index is -0.274. The van der Waals surface area contributed by atoms with Gasteiger partial charge in [-0.1, -0.05) is 23.4 Å². The third-order valence-electron chi connectivity index (χ3n) is 1.87. The Kier molecular flexibility index (Phi) is 5.02. The molecule has 0 amide bonds. The van der Waals surface area contributed by atoms with Crippen LogP contribution in [0.5, 0.6) is 0 Å². The van der Waals surface area contributed by atoms with Crippen molar-refractivity contribution in [1.82, 2.24) is 9.97 Å². The molecule has 0 N–H and O–H groups in total. The lowest BCUT2D eigenvalue weighted by atomic mass is 10.4. The SMILES string of the molecule is CCOC(=O)CSc1nc(C)c(C)nc1Cl. The second-order valence-electron chi connectivity index (χ2n) is 3.08. The first-order valence-electron chi connectivity index (χ1n) is 4.83. The maximum absolute atomic E-state index is 11.1. The molecule has 4 nitrogen and oxygen atoms in total. The molecule has 6 heteroatoms. The molecule has 0 radical (unpaired) electrons. The van der Waals surface area contributed by atoms with Gasteiger partial charge in [-0.05, 0) is 20.8 Å². The Morgan fingerprint density at radius 1 is 1.38 bits per heavy atom. The van der Waals surface area contributed by atoms with Gasteiger partial charge in [0.15, 0.2) is 5.15 Å². The molecule has 0 fully saturated rings. The zero-order chi connectivity index (χ0) is 12.1. The average molecular weight is 261 g/mol. The Bertz CT molecular complexity index is 399. The van der Waals surface area contributed by atoms with Gasteiger partial charge in [-0.25, -0.2) is 9.97 Å². The summed E-state index contributed by atoms with van der Waals surface area (Å²) in [5, 5.41) is 0.898. The van der Waals surface area contributed by atoms with Gasteiger partial charge in [0.25, 0.3) is 0 Å². The van der Waals surface area contributed by atoms with Crippen molar-refractivity contribution in [3.63, 3.8) is 0 Å². The fraction of sp³-hybridized carbons (Fsp3) is 0.500. The number of aryl methyl sites for hydroxylation is 2. The summed E-state index contributed by atoms with van der Waals surface area (Å²) < 4.78 is 4.81. The summed E-state index contributed by atoms with van der Waals surface area (Å²) in [7, 11) is 0. The molecule has 0 saturated heterocycles. The largest absolute Gasteiger partial charge is 0.465 e. The van der Waals surface area contributed by atoms with E-state index in [4.69, 9.17) is 16.3 Å². The van der Waals surface area contributed by atoms with Crippen molar-refractivity contribution in [3.8, 4) is 0 Å². The lowest BCUT2D eigenvalue weighted by Gasteiger charge is -2.05. The van der Waals surface area contributed by atoms with E-state index in [0.717, 1.165) is 11.4 Å². The molecule has 0 unspecified atom stereocenters. The molecule has 0 aliphatic heterocycles. The standard InChI is InChI=1S/C10H13ClN2O2S/c1-4-15-8(14)5-16-10-9(11)12-6(2)7(3)13-10/h4-5H2,1-3H3. The quantitative estimate of drug-likeness (QED) is 0.615. The summed E-state index contributed by atoms with van der Waals surface area (Å²) in [6.07, 6.45) is 0. The second-order valence-corrected chi connectivity index (χ2v) is 4.41. The van der Waals surface area contributed by atoms with Crippen LogP contribution in [0.1, 0.15) is 18.3 Å². The van der Waals surface area contributed by atoms with Crippen LogP contribution in [0.4, 0.5) is 0 Å². The van der Waals surface area contributed by atoms with E-state index in [1.54, 1.807) is 6.92 Å². The molecule has 0 spiro atoms. The molecule has 0 aliphatic carbocycles. The summed E-state index contributed by atoms with van der Waals surface area (Å²) in [5.74, 6) is -0.0753. The third-order valence-corrected chi connectivity index (χ3v) is 3.18. The van der Waals surface area contributed by atoms with Crippen molar-refractivity contribution in [3.05, 3.63) is 16.5 Å². The first-order valence-corrected chi connectivity index (χ1v) is 6.20. The van der Waals surface area contributed by atoms with Crippen molar-refractivity contribution >= 4 is 29.3 Å². The highest BCUT2D eigenvalue weighted by molar-refractivity contribution is 8.00. The first-order chi connectivity index (χ1) is 7.54. The first kappa shape index (κ1) is 13.3. The number of hydrogen-bond donors (Lipinski definition) is 0. The zero-order valence-electron chi connectivity index (χ0n) is 9.41. The molecule has 0 bridgehead atoms. The van der Waals surface area contributed by atoms with Crippen molar-refractivity contribution in [2.45, 2.75) is 25.8 Å². The number of esters is 1. The Hall–Kier alpha value is -0.810. The number of carbonyl (C=O) groups excluding carboxylic acids is 1. The fourth-order valence-electron chi connectivity index (χ4n) is 0.977. The second kappa shape index (κ2) is 6.06. The molecule has 1 rings (SSSR count). The minimum absolute atomic E-state index is 0.199. The fourth-order valence-corrected chi connectivity index (χ4v) is 2.01. The number of carbonyl (C=O) groups is 1. The van der Waals surface area contributed by atoms with E-state index in [0.29, 0.717) is 16.8 Å². The average Bonchev–Trinajstić information content (AvgIpc) is 2.22. The summed E-state index contributed by atoms with van der Waals surface area (Å²) in [5.41, 5.74) is 1.61. The van der Waals surface area contributed by atoms with Crippen LogP contribution in [0.2, 0.25) is 5.15 Å². The van der Waals surface area contributed by atoms with Crippen LogP contribution in [0.3, 0.4) is 0 Å². The highest BCUT2D eigenvalue weighted by Gasteiger charge is 2.10. The van der Waals surface area contributed by atoms with Gasteiger partial charge in [-0.15, -0.1) is 0 Å². The summed E-state index contributed by atoms with van der Waals surface area (Å²) in [6.45, 7) is 5.85. The lowest BCUT2D eigenvalue weighted by Crippen LogP contribution is -2.07. The maximum atomic E-state index is 11.1. The van der Waals surface area contributed by atoms with E-state index >= 15 is 0 Å². The highest BCUT2D eigenvalue weighted by Crippen LogP contribution is 2.24. The van der Waals surface area contributed by atoms with Crippen LogP contribution >= 0.6 is 23.4 Å². The van der Waals surface area contributed by atoms with Gasteiger partial charge >= 0.3 is 5.97 Å². The predicted molar refractivity (Wildman–Crippen MR) is 63.9 cm³/mol. The Balaban J connectivity index is 2.67. The van der Waals surface area contributed by atoms with Gasteiger partial charge in [-0.3, -0.25) is 4.79 Å².